The Balaban J connectivity index is 1.55. The zero-order valence-electron chi connectivity index (χ0n) is 19.7. The van der Waals surface area contributed by atoms with Crippen molar-refractivity contribution in [3.63, 3.8) is 0 Å². The molecule has 1 fully saturated rings. The number of aliphatic hydroxyl groups excluding tert-OH is 2. The molecule has 1 aromatic carbocycles. The lowest BCUT2D eigenvalue weighted by Crippen LogP contribution is -2.32. The van der Waals surface area contributed by atoms with E-state index in [1.165, 1.54) is 0 Å². The summed E-state index contributed by atoms with van der Waals surface area (Å²) in [5.74, 6) is 4.53. The lowest BCUT2D eigenvalue weighted by atomic mass is 9.85. The Morgan fingerprint density at radius 3 is 2.68 bits per heavy atom. The minimum atomic E-state index is -0.842. The van der Waals surface area contributed by atoms with Gasteiger partial charge in [-0.15, -0.1) is 23.2 Å². The van der Waals surface area contributed by atoms with E-state index in [0.717, 1.165) is 20.0 Å². The Hall–Kier alpha value is -1.91. The van der Waals surface area contributed by atoms with Crippen LogP contribution in [0.15, 0.2) is 24.3 Å². The van der Waals surface area contributed by atoms with Crippen LogP contribution in [0.3, 0.4) is 0 Å². The molecule has 1 aromatic heterocycles. The van der Waals surface area contributed by atoms with Crippen LogP contribution in [0.2, 0.25) is 5.02 Å². The highest BCUT2D eigenvalue weighted by atomic mass is 35.5. The number of Topliss-reactive ketones (excluding diaryl/α,β-unsaturated/α-hetero) is 1. The number of carboxylic acids is 1. The summed E-state index contributed by atoms with van der Waals surface area (Å²) in [6.07, 6.45) is 2.36. The van der Waals surface area contributed by atoms with Gasteiger partial charge in [-0.1, -0.05) is 43.6 Å². The fourth-order valence-electron chi connectivity index (χ4n) is 4.83. The summed E-state index contributed by atoms with van der Waals surface area (Å²) < 4.78 is 1.14. The smallest absolute Gasteiger partial charge is 0.303 e. The fraction of sp³-hybridized carbons (Fsp3) is 0.556. The maximum absolute atomic E-state index is 13.0. The number of rotatable bonds is 10. The number of carboxylic acid groups (broad SMARTS) is 1. The van der Waals surface area contributed by atoms with Crippen molar-refractivity contribution in [3.05, 3.63) is 34.2 Å². The third-order valence-corrected chi connectivity index (χ3v) is 8.69. The van der Waals surface area contributed by atoms with Gasteiger partial charge < -0.3 is 15.3 Å². The van der Waals surface area contributed by atoms with E-state index in [-0.39, 0.29) is 24.0 Å². The number of halogens is 1. The highest BCUT2D eigenvalue weighted by molar-refractivity contribution is 7.19. The third kappa shape index (κ3) is 6.20. The van der Waals surface area contributed by atoms with Gasteiger partial charge in [-0.05, 0) is 44.1 Å². The van der Waals surface area contributed by atoms with Gasteiger partial charge in [-0.25, -0.2) is 0 Å². The van der Waals surface area contributed by atoms with E-state index in [9.17, 15) is 19.8 Å². The average Bonchev–Trinajstić information content (AvgIpc) is 3.20. The zero-order valence-corrected chi connectivity index (χ0v) is 21.3. The predicted octanol–water partition coefficient (Wildman–Crippen LogP) is 5.48. The van der Waals surface area contributed by atoms with E-state index in [2.05, 4.69) is 11.8 Å². The number of ketones is 1. The minimum Gasteiger partial charge on any atom is -0.481 e. The molecule has 0 spiro atoms. The number of fused-ring (bicyclic) bond motifs is 1. The van der Waals surface area contributed by atoms with E-state index in [0.29, 0.717) is 44.9 Å². The van der Waals surface area contributed by atoms with Gasteiger partial charge in [-0.3, -0.25) is 9.59 Å². The van der Waals surface area contributed by atoms with Crippen LogP contribution in [0.4, 0.5) is 0 Å². The summed E-state index contributed by atoms with van der Waals surface area (Å²) in [5.41, 5.74) is -0.837. The molecule has 7 heteroatoms. The van der Waals surface area contributed by atoms with Crippen molar-refractivity contribution in [3.8, 4) is 11.8 Å². The van der Waals surface area contributed by atoms with Crippen molar-refractivity contribution in [1.82, 2.24) is 0 Å². The van der Waals surface area contributed by atoms with Crippen molar-refractivity contribution in [1.29, 1.82) is 0 Å². The van der Waals surface area contributed by atoms with Crippen LogP contribution in [0.5, 0.6) is 0 Å². The first kappa shape index (κ1) is 26.7. The number of thiophene rings is 1. The van der Waals surface area contributed by atoms with Gasteiger partial charge in [0.2, 0.25) is 0 Å². The molecule has 0 aliphatic heterocycles. The van der Waals surface area contributed by atoms with Crippen molar-refractivity contribution in [2.45, 2.75) is 77.4 Å². The fourth-order valence-corrected chi connectivity index (χ4v) is 6.37. The molecule has 1 aliphatic carbocycles. The van der Waals surface area contributed by atoms with Crippen molar-refractivity contribution >= 4 is 44.8 Å². The quantitative estimate of drug-likeness (QED) is 0.294. The van der Waals surface area contributed by atoms with Gasteiger partial charge in [0, 0.05) is 45.6 Å². The normalized spacial score (nSPS) is 22.5. The molecular weight excluding hydrogens is 472 g/mol. The molecule has 1 saturated carbocycles. The molecule has 0 bridgehead atoms. The van der Waals surface area contributed by atoms with E-state index in [4.69, 9.17) is 16.7 Å². The second-order valence-electron chi connectivity index (χ2n) is 9.71. The number of unbranched alkanes of at least 4 members (excludes halogenated alkanes) is 1. The van der Waals surface area contributed by atoms with E-state index in [1.54, 1.807) is 25.2 Å². The summed E-state index contributed by atoms with van der Waals surface area (Å²) in [6, 6.07) is 8.00. The van der Waals surface area contributed by atoms with Crippen LogP contribution in [0.25, 0.3) is 10.1 Å². The Labute approximate surface area is 210 Å². The second kappa shape index (κ2) is 11.7. The Bertz CT molecular complexity index is 1080. The monoisotopic (exact) mass is 504 g/mol. The molecule has 1 unspecified atom stereocenters. The Morgan fingerprint density at radius 2 is 1.97 bits per heavy atom. The largest absolute Gasteiger partial charge is 0.481 e. The highest BCUT2D eigenvalue weighted by Crippen LogP contribution is 2.46. The number of aryl methyl sites for hydroxylation is 1. The van der Waals surface area contributed by atoms with Gasteiger partial charge in [0.05, 0.1) is 17.2 Å². The SMILES string of the molecule is CC1(C)C(=O)[C@H](CC#CCCCC(=O)O)[C@@H](CCC(O)CCc2sc3ccccc3c2Cl)[C@@H]1O. The summed E-state index contributed by atoms with van der Waals surface area (Å²) in [5, 5.41) is 32.0. The summed E-state index contributed by atoms with van der Waals surface area (Å²) in [7, 11) is 0. The first-order valence-corrected chi connectivity index (χ1v) is 13.1. The van der Waals surface area contributed by atoms with E-state index in [1.807, 2.05) is 24.3 Å². The summed E-state index contributed by atoms with van der Waals surface area (Å²) in [4.78, 5) is 24.6. The van der Waals surface area contributed by atoms with E-state index < -0.39 is 23.6 Å². The van der Waals surface area contributed by atoms with Crippen LogP contribution >= 0.6 is 22.9 Å². The number of aliphatic hydroxyl groups is 2. The maximum atomic E-state index is 13.0. The zero-order chi connectivity index (χ0) is 24.9. The van der Waals surface area contributed by atoms with Crippen LogP contribution in [0, 0.1) is 29.1 Å². The molecule has 5 nitrogen and oxygen atoms in total. The molecule has 3 N–H and O–H groups in total. The maximum Gasteiger partial charge on any atom is 0.303 e. The number of carbonyl (C=O) groups is 2. The first-order chi connectivity index (χ1) is 16.1. The molecule has 34 heavy (non-hydrogen) atoms. The molecule has 0 amide bonds. The van der Waals surface area contributed by atoms with Gasteiger partial charge in [-0.2, -0.15) is 0 Å². The predicted molar refractivity (Wildman–Crippen MR) is 136 cm³/mol. The average molecular weight is 505 g/mol. The van der Waals surface area contributed by atoms with Crippen LogP contribution in [0.1, 0.15) is 63.7 Å². The van der Waals surface area contributed by atoms with Gasteiger partial charge in [0.25, 0.3) is 0 Å². The Kier molecular flexibility index (Phi) is 9.17. The van der Waals surface area contributed by atoms with Crippen molar-refractivity contribution in [2.75, 3.05) is 0 Å². The molecule has 4 atom stereocenters. The molecule has 3 rings (SSSR count). The van der Waals surface area contributed by atoms with Crippen LogP contribution in [-0.2, 0) is 16.0 Å². The van der Waals surface area contributed by atoms with Crippen LogP contribution in [-0.4, -0.2) is 39.3 Å². The molecule has 184 valence electrons. The number of aliphatic carboxylic acids is 1. The van der Waals surface area contributed by atoms with Gasteiger partial charge in [0.15, 0.2) is 0 Å². The second-order valence-corrected chi connectivity index (χ2v) is 11.2. The molecule has 1 heterocycles. The third-order valence-electron chi connectivity index (χ3n) is 6.91. The van der Waals surface area contributed by atoms with Gasteiger partial charge >= 0.3 is 5.97 Å². The Morgan fingerprint density at radius 1 is 1.24 bits per heavy atom. The summed E-state index contributed by atoms with van der Waals surface area (Å²) in [6.45, 7) is 3.54. The first-order valence-electron chi connectivity index (χ1n) is 11.9. The molecule has 2 aromatic rings. The number of benzene rings is 1. The standard InChI is InChI=1S/C27H33ClO5S/c1-27(2)25(32)18(9-5-3-4-6-12-23(30)31)19(26(27)33)15-13-17(29)14-16-22-24(28)20-10-7-8-11-21(20)34-22/h7-8,10-11,17-19,26,29,33H,4,6,9,12-16H2,1-2H3,(H,30,31)/t17?,18-,19-,26+/m1/s1. The molecule has 0 radical (unpaired) electrons. The van der Waals surface area contributed by atoms with Crippen molar-refractivity contribution in [2.24, 2.45) is 17.3 Å². The van der Waals surface area contributed by atoms with Crippen molar-refractivity contribution < 1.29 is 24.9 Å². The van der Waals surface area contributed by atoms with E-state index >= 15 is 0 Å². The molecule has 0 saturated heterocycles. The lowest BCUT2D eigenvalue weighted by Gasteiger charge is -2.25. The lowest BCUT2D eigenvalue weighted by molar-refractivity contribution is -0.137. The van der Waals surface area contributed by atoms with Gasteiger partial charge in [0.1, 0.15) is 5.78 Å². The highest BCUT2D eigenvalue weighted by Gasteiger charge is 2.53. The number of hydrogen-bond acceptors (Lipinski definition) is 5. The number of carbonyl (C=O) groups excluding carboxylic acids is 1. The minimum absolute atomic E-state index is 0.0105. The topological polar surface area (TPSA) is 94.8 Å². The summed E-state index contributed by atoms with van der Waals surface area (Å²) >= 11 is 8.17. The van der Waals surface area contributed by atoms with Crippen LogP contribution < -0.4 is 0 Å². The molecular formula is C27H33ClO5S. The molecule has 1 aliphatic rings. The number of hydrogen-bond donors (Lipinski definition) is 3.